The quantitative estimate of drug-likeness (QED) is 0.274. The van der Waals surface area contributed by atoms with Crippen LogP contribution in [0.5, 0.6) is 0 Å². The van der Waals surface area contributed by atoms with E-state index < -0.39 is 0 Å². The molecule has 0 amide bonds. The fraction of sp³-hybridized carbons (Fsp3) is 1.00. The lowest BCUT2D eigenvalue weighted by atomic mass is 10.1. The Morgan fingerprint density at radius 3 is 3.08 bits per heavy atom. The first-order valence-electron chi connectivity index (χ1n) is 4.62. The molecule has 1 fully saturated rings. The summed E-state index contributed by atoms with van der Waals surface area (Å²) < 4.78 is 10.5. The second kappa shape index (κ2) is 5.80. The Kier molecular flexibility index (Phi) is 4.60. The molecule has 0 aliphatic carbocycles. The number of rotatable bonds is 6. The van der Waals surface area contributed by atoms with Gasteiger partial charge < -0.3 is 9.47 Å². The van der Waals surface area contributed by atoms with Crippen LogP contribution < -0.4 is 0 Å². The summed E-state index contributed by atoms with van der Waals surface area (Å²) >= 11 is 0. The van der Waals surface area contributed by atoms with E-state index in [-0.39, 0.29) is 12.1 Å². The van der Waals surface area contributed by atoms with E-state index in [0.29, 0.717) is 13.2 Å². The summed E-state index contributed by atoms with van der Waals surface area (Å²) in [4.78, 5) is 2.74. The van der Waals surface area contributed by atoms with Gasteiger partial charge in [0.1, 0.15) is 0 Å². The lowest BCUT2D eigenvalue weighted by molar-refractivity contribution is -0.111. The fourth-order valence-corrected chi connectivity index (χ4v) is 1.10. The monoisotopic (exact) mass is 185 g/mol. The van der Waals surface area contributed by atoms with Gasteiger partial charge in [0, 0.05) is 11.5 Å². The van der Waals surface area contributed by atoms with Crippen LogP contribution in [0.15, 0.2) is 5.11 Å². The highest BCUT2D eigenvalue weighted by molar-refractivity contribution is 4.85. The Morgan fingerprint density at radius 2 is 2.54 bits per heavy atom. The maximum absolute atomic E-state index is 8.19. The Bertz CT molecular complexity index is 192. The van der Waals surface area contributed by atoms with Crippen molar-refractivity contribution >= 4 is 0 Å². The molecular formula is C8H15N3O2. The third kappa shape index (κ3) is 3.22. The number of ether oxygens (including phenoxy) is 2. The predicted molar refractivity (Wildman–Crippen MR) is 48.4 cm³/mol. The number of hydrogen-bond donors (Lipinski definition) is 0. The van der Waals surface area contributed by atoms with Gasteiger partial charge in [-0.3, -0.25) is 0 Å². The van der Waals surface area contributed by atoms with Gasteiger partial charge in [0.15, 0.2) is 0 Å². The Balaban J connectivity index is 2.05. The minimum Gasteiger partial charge on any atom is -0.379 e. The smallest absolute Gasteiger partial charge is 0.0915 e. The first kappa shape index (κ1) is 10.3. The number of unbranched alkanes of at least 4 members (excludes halogenated alkanes) is 1. The third-order valence-corrected chi connectivity index (χ3v) is 2.03. The van der Waals surface area contributed by atoms with E-state index >= 15 is 0 Å². The Hall–Kier alpha value is -0.770. The van der Waals surface area contributed by atoms with Crippen LogP contribution in [0.2, 0.25) is 0 Å². The number of azide groups is 1. The number of hydrogen-bond acceptors (Lipinski definition) is 3. The van der Waals surface area contributed by atoms with Gasteiger partial charge in [-0.2, -0.15) is 0 Å². The van der Waals surface area contributed by atoms with Crippen molar-refractivity contribution in [2.75, 3.05) is 19.8 Å². The van der Waals surface area contributed by atoms with Crippen molar-refractivity contribution in [3.05, 3.63) is 10.4 Å². The summed E-state index contributed by atoms with van der Waals surface area (Å²) in [5, 5.41) is 3.59. The highest BCUT2D eigenvalue weighted by atomic mass is 16.5. The van der Waals surface area contributed by atoms with Crippen LogP contribution >= 0.6 is 0 Å². The van der Waals surface area contributed by atoms with Crippen LogP contribution in [0.25, 0.3) is 10.4 Å². The van der Waals surface area contributed by atoms with Gasteiger partial charge in [-0.25, -0.2) is 0 Å². The molecule has 0 N–H and O–H groups in total. The summed E-state index contributed by atoms with van der Waals surface area (Å²) in [5.74, 6) is 0. The molecule has 5 heteroatoms. The van der Waals surface area contributed by atoms with Gasteiger partial charge >= 0.3 is 0 Å². The zero-order valence-electron chi connectivity index (χ0n) is 7.85. The van der Waals surface area contributed by atoms with Crippen LogP contribution in [0, 0.1) is 0 Å². The highest BCUT2D eigenvalue weighted by Gasteiger charge is 2.31. The average Bonchev–Trinajstić information content (AvgIpc) is 2.12. The van der Waals surface area contributed by atoms with Crippen LogP contribution in [-0.4, -0.2) is 32.0 Å². The van der Waals surface area contributed by atoms with E-state index in [1.165, 1.54) is 0 Å². The molecule has 0 radical (unpaired) electrons. The van der Waals surface area contributed by atoms with Crippen molar-refractivity contribution < 1.29 is 9.47 Å². The van der Waals surface area contributed by atoms with Gasteiger partial charge in [0.2, 0.25) is 0 Å². The van der Waals surface area contributed by atoms with E-state index in [1.54, 1.807) is 0 Å². The lowest BCUT2D eigenvalue weighted by Gasteiger charge is -2.33. The molecule has 0 unspecified atom stereocenters. The van der Waals surface area contributed by atoms with Crippen molar-refractivity contribution in [1.82, 2.24) is 0 Å². The second-order valence-corrected chi connectivity index (χ2v) is 3.07. The van der Waals surface area contributed by atoms with Crippen LogP contribution in [0.4, 0.5) is 0 Å². The first-order valence-corrected chi connectivity index (χ1v) is 4.62. The molecule has 0 bridgehead atoms. The molecule has 1 rings (SSSR count). The molecule has 1 heterocycles. The molecule has 13 heavy (non-hydrogen) atoms. The second-order valence-electron chi connectivity index (χ2n) is 3.07. The zero-order valence-corrected chi connectivity index (χ0v) is 7.85. The molecule has 2 atom stereocenters. The Labute approximate surface area is 77.6 Å². The molecule has 0 aromatic rings. The van der Waals surface area contributed by atoms with E-state index in [0.717, 1.165) is 19.4 Å². The lowest BCUT2D eigenvalue weighted by Crippen LogP contribution is -2.46. The van der Waals surface area contributed by atoms with Crippen LogP contribution in [0.1, 0.15) is 19.8 Å². The van der Waals surface area contributed by atoms with Crippen molar-refractivity contribution in [1.29, 1.82) is 0 Å². The normalized spacial score (nSPS) is 26.2. The molecule has 0 aromatic carbocycles. The summed E-state index contributed by atoms with van der Waals surface area (Å²) in [5.41, 5.74) is 8.19. The maximum Gasteiger partial charge on any atom is 0.0915 e. The molecule has 5 nitrogen and oxygen atoms in total. The fourth-order valence-electron chi connectivity index (χ4n) is 1.10. The summed E-state index contributed by atoms with van der Waals surface area (Å²) in [6.07, 6.45) is 2.18. The van der Waals surface area contributed by atoms with Gasteiger partial charge in [0.05, 0.1) is 25.4 Å². The van der Waals surface area contributed by atoms with Crippen molar-refractivity contribution in [2.24, 2.45) is 5.11 Å². The van der Waals surface area contributed by atoms with Crippen molar-refractivity contribution in [2.45, 2.75) is 31.9 Å². The predicted octanol–water partition coefficient (Wildman–Crippen LogP) is 1.88. The van der Waals surface area contributed by atoms with Crippen LogP contribution in [0.3, 0.4) is 0 Å². The molecule has 1 aliphatic rings. The van der Waals surface area contributed by atoms with E-state index in [1.807, 2.05) is 0 Å². The topological polar surface area (TPSA) is 67.2 Å². The standard InChI is InChI=1S/C8H15N3O2/c1-2-3-4-12-6-8-7(5-13-8)10-11-9/h7-8H,2-6H2,1H3/t7-,8-/m1/s1. The minimum absolute atomic E-state index is 0.0206. The van der Waals surface area contributed by atoms with E-state index in [2.05, 4.69) is 16.9 Å². The molecule has 0 aromatic heterocycles. The van der Waals surface area contributed by atoms with Gasteiger partial charge in [-0.15, -0.1) is 0 Å². The molecule has 0 saturated carbocycles. The average molecular weight is 185 g/mol. The van der Waals surface area contributed by atoms with Gasteiger partial charge in [-0.05, 0) is 12.0 Å². The summed E-state index contributed by atoms with van der Waals surface area (Å²) in [6, 6.07) is -0.0216. The van der Waals surface area contributed by atoms with Crippen LogP contribution in [-0.2, 0) is 9.47 Å². The van der Waals surface area contributed by atoms with E-state index in [4.69, 9.17) is 15.0 Å². The highest BCUT2D eigenvalue weighted by Crippen LogP contribution is 2.16. The van der Waals surface area contributed by atoms with Crippen molar-refractivity contribution in [3.8, 4) is 0 Å². The molecule has 0 spiro atoms. The van der Waals surface area contributed by atoms with Gasteiger partial charge in [0.25, 0.3) is 0 Å². The van der Waals surface area contributed by atoms with E-state index in [9.17, 15) is 0 Å². The molecule has 74 valence electrons. The first-order chi connectivity index (χ1) is 6.38. The number of nitrogens with zero attached hydrogens (tertiary/aromatic N) is 3. The summed E-state index contributed by atoms with van der Waals surface area (Å²) in [7, 11) is 0. The van der Waals surface area contributed by atoms with Crippen molar-refractivity contribution in [3.63, 3.8) is 0 Å². The molecule has 1 aliphatic heterocycles. The molecular weight excluding hydrogens is 170 g/mol. The van der Waals surface area contributed by atoms with Gasteiger partial charge in [-0.1, -0.05) is 18.5 Å². The summed E-state index contributed by atoms with van der Waals surface area (Å²) in [6.45, 7) is 3.96. The third-order valence-electron chi connectivity index (χ3n) is 2.03. The SMILES string of the molecule is CCCCOC[C@H]1OC[C@H]1N=[N+]=[N-]. The largest absolute Gasteiger partial charge is 0.379 e. The zero-order chi connectivity index (χ0) is 9.52. The molecule has 1 saturated heterocycles. The maximum atomic E-state index is 8.19. The Morgan fingerprint density at radius 1 is 1.69 bits per heavy atom. The minimum atomic E-state index is -0.0216.